The van der Waals surface area contributed by atoms with Gasteiger partial charge in [-0.15, -0.1) is 0 Å². The van der Waals surface area contributed by atoms with Crippen LogP contribution in [0.15, 0.2) is 0 Å². The second-order valence-electron chi connectivity index (χ2n) is 3.43. The van der Waals surface area contributed by atoms with Crippen LogP contribution in [0, 0.1) is 12.8 Å². The number of unbranched alkanes of at least 4 members (excludes halogenated alkanes) is 2. The Kier molecular flexibility index (Phi) is 18.4. The van der Waals surface area contributed by atoms with Gasteiger partial charge in [0.2, 0.25) is 0 Å². The second-order valence-corrected chi connectivity index (χ2v) is 3.92. The van der Waals surface area contributed by atoms with E-state index in [2.05, 4.69) is 43.2 Å². The zero-order valence-electron chi connectivity index (χ0n) is 9.55. The second kappa shape index (κ2) is 15.0. The van der Waals surface area contributed by atoms with Crippen LogP contribution in [-0.4, -0.2) is 0 Å². The third kappa shape index (κ3) is 19.1. The molecule has 1 radical (unpaired) electrons. The Morgan fingerprint density at radius 2 is 1.62 bits per heavy atom. The van der Waals surface area contributed by atoms with Crippen LogP contribution in [0.1, 0.15) is 59.3 Å². The van der Waals surface area contributed by atoms with Crippen LogP contribution in [-0.2, 0) is 15.5 Å². The van der Waals surface area contributed by atoms with E-state index in [9.17, 15) is 0 Å². The molecule has 0 saturated carbocycles. The molecule has 0 bridgehead atoms. The van der Waals surface area contributed by atoms with E-state index in [0.717, 1.165) is 5.39 Å². The quantitative estimate of drug-likeness (QED) is 0.574. The Morgan fingerprint density at radius 1 is 1.08 bits per heavy atom. The molecule has 0 saturated heterocycles. The molecule has 0 amide bonds. The SMILES string of the molecule is CCC[CH2][Ni].[CH2]C(CC)CCCC. The fourth-order valence-electron chi connectivity index (χ4n) is 0.809. The molecule has 0 aromatic heterocycles. The van der Waals surface area contributed by atoms with Crippen molar-refractivity contribution >= 4 is 0 Å². The van der Waals surface area contributed by atoms with Gasteiger partial charge in [0.05, 0.1) is 0 Å². The fourth-order valence-corrected chi connectivity index (χ4v) is 1.16. The first-order chi connectivity index (χ1) is 6.22. The summed E-state index contributed by atoms with van der Waals surface area (Å²) in [6.45, 7) is 10.6. The summed E-state index contributed by atoms with van der Waals surface area (Å²) in [5.74, 6) is 0.704. The van der Waals surface area contributed by atoms with Crippen LogP contribution in [0.3, 0.4) is 0 Å². The van der Waals surface area contributed by atoms with Gasteiger partial charge in [0.25, 0.3) is 0 Å². The average molecular weight is 229 g/mol. The number of hydrogen-bond acceptors (Lipinski definition) is 0. The van der Waals surface area contributed by atoms with Crippen molar-refractivity contribution in [3.8, 4) is 0 Å². The zero-order valence-corrected chi connectivity index (χ0v) is 10.5. The first kappa shape index (κ1) is 15.9. The van der Waals surface area contributed by atoms with Gasteiger partial charge in [0.15, 0.2) is 0 Å². The first-order valence-electron chi connectivity index (χ1n) is 5.57. The van der Waals surface area contributed by atoms with Crippen molar-refractivity contribution in [2.45, 2.75) is 64.7 Å². The van der Waals surface area contributed by atoms with Gasteiger partial charge in [-0.25, -0.2) is 0 Å². The summed E-state index contributed by atoms with van der Waals surface area (Å²) < 4.78 is 0. The normalized spacial score (nSPS) is 11.8. The number of hydrogen-bond donors (Lipinski definition) is 0. The van der Waals surface area contributed by atoms with Crippen molar-refractivity contribution in [2.75, 3.05) is 0 Å². The van der Waals surface area contributed by atoms with Gasteiger partial charge in [-0.3, -0.25) is 0 Å². The first-order valence-corrected chi connectivity index (χ1v) is 6.27. The zero-order chi connectivity index (χ0) is 10.5. The molecule has 1 atom stereocenters. The Bertz CT molecular complexity index is 69.5. The molecular formula is C12H26Ni. The van der Waals surface area contributed by atoms with Gasteiger partial charge in [-0.1, -0.05) is 46.5 Å². The van der Waals surface area contributed by atoms with Crippen molar-refractivity contribution in [2.24, 2.45) is 5.92 Å². The molecule has 0 nitrogen and oxygen atoms in total. The standard InChI is InChI=1S/C8H17.C4H9.Ni/c1-4-6-7-8(3)5-2;1-3-4-2;/h8H,3-7H2,1-2H3;1,3-4H2,2H3;. The van der Waals surface area contributed by atoms with Gasteiger partial charge < -0.3 is 0 Å². The molecule has 0 aromatic carbocycles. The van der Waals surface area contributed by atoms with E-state index in [1.54, 1.807) is 0 Å². The van der Waals surface area contributed by atoms with Gasteiger partial charge in [0.1, 0.15) is 0 Å². The minimum atomic E-state index is 0.704. The van der Waals surface area contributed by atoms with Gasteiger partial charge in [0, 0.05) is 0 Å². The summed E-state index contributed by atoms with van der Waals surface area (Å²) in [6.07, 6.45) is 7.68. The maximum absolute atomic E-state index is 4.41. The van der Waals surface area contributed by atoms with Crippen LogP contribution < -0.4 is 0 Å². The fraction of sp³-hybridized carbons (Fsp3) is 0.917. The Hall–Kier alpha value is 0.494. The maximum atomic E-state index is 4.41. The van der Waals surface area contributed by atoms with Gasteiger partial charge in [-0.05, 0) is 5.92 Å². The average Bonchev–Trinajstić information content (AvgIpc) is 2.16. The Labute approximate surface area is 93.2 Å². The van der Waals surface area contributed by atoms with E-state index in [0.29, 0.717) is 5.92 Å². The molecule has 0 aliphatic carbocycles. The van der Waals surface area contributed by atoms with Crippen LogP contribution in [0.5, 0.6) is 0 Å². The van der Waals surface area contributed by atoms with Crippen molar-refractivity contribution in [3.63, 3.8) is 0 Å². The van der Waals surface area contributed by atoms with Crippen LogP contribution in [0.25, 0.3) is 0 Å². The van der Waals surface area contributed by atoms with E-state index in [4.69, 9.17) is 0 Å². The third-order valence-corrected chi connectivity index (χ3v) is 2.36. The van der Waals surface area contributed by atoms with Gasteiger partial charge >= 0.3 is 40.6 Å². The molecule has 1 unspecified atom stereocenters. The van der Waals surface area contributed by atoms with Crippen molar-refractivity contribution in [3.05, 3.63) is 6.92 Å². The van der Waals surface area contributed by atoms with Crippen LogP contribution in [0.4, 0.5) is 0 Å². The van der Waals surface area contributed by atoms with E-state index in [1.165, 1.54) is 38.5 Å². The predicted octanol–water partition coefficient (Wildman–Crippen LogP) is 4.79. The van der Waals surface area contributed by atoms with Crippen molar-refractivity contribution in [1.82, 2.24) is 0 Å². The summed E-state index contributed by atoms with van der Waals surface area (Å²) >= 11 is 4.41. The molecule has 0 aliphatic rings. The molecule has 84 valence electrons. The molecule has 13 heavy (non-hydrogen) atoms. The Balaban J connectivity index is 0. The molecular weight excluding hydrogens is 203 g/mol. The largest absolute Gasteiger partial charge is 0.0654 e. The minimum Gasteiger partial charge on any atom is -0.0654 e. The van der Waals surface area contributed by atoms with Crippen molar-refractivity contribution < 1.29 is 15.5 Å². The van der Waals surface area contributed by atoms with Gasteiger partial charge in [-0.2, -0.15) is 0 Å². The molecule has 0 N–H and O–H groups in total. The van der Waals surface area contributed by atoms with E-state index < -0.39 is 0 Å². The molecule has 1 heteroatoms. The van der Waals surface area contributed by atoms with E-state index in [1.807, 2.05) is 0 Å². The molecule has 0 aliphatic heterocycles. The van der Waals surface area contributed by atoms with Crippen LogP contribution >= 0.6 is 0 Å². The summed E-state index contributed by atoms with van der Waals surface area (Å²) in [5, 5.41) is 0.969. The monoisotopic (exact) mass is 228 g/mol. The van der Waals surface area contributed by atoms with Crippen molar-refractivity contribution in [1.29, 1.82) is 0 Å². The molecule has 0 aromatic rings. The molecule has 0 heterocycles. The summed E-state index contributed by atoms with van der Waals surface area (Å²) in [5.41, 5.74) is 0. The van der Waals surface area contributed by atoms with E-state index in [-0.39, 0.29) is 0 Å². The molecule has 0 spiro atoms. The molecule has 0 rings (SSSR count). The molecule has 0 fully saturated rings. The Morgan fingerprint density at radius 3 is 1.85 bits per heavy atom. The number of rotatable bonds is 6. The predicted molar refractivity (Wildman–Crippen MR) is 58.4 cm³/mol. The van der Waals surface area contributed by atoms with Crippen LogP contribution in [0.2, 0.25) is 5.39 Å². The summed E-state index contributed by atoms with van der Waals surface area (Å²) in [4.78, 5) is 0. The summed E-state index contributed by atoms with van der Waals surface area (Å²) in [7, 11) is 0. The topological polar surface area (TPSA) is 0 Å². The summed E-state index contributed by atoms with van der Waals surface area (Å²) in [6, 6.07) is 0. The smallest absolute Gasteiger partial charge is 0.0417 e. The maximum Gasteiger partial charge on any atom is -0.0417 e. The van der Waals surface area contributed by atoms with E-state index >= 15 is 0 Å². The minimum absolute atomic E-state index is 0.704. The third-order valence-electron chi connectivity index (χ3n) is 2.01.